The molecule has 0 radical (unpaired) electrons. The highest BCUT2D eigenvalue weighted by atomic mass is 15.2. The van der Waals surface area contributed by atoms with Crippen LogP contribution in [0.4, 0.5) is 0 Å². The molecule has 1 fully saturated rings. The van der Waals surface area contributed by atoms with E-state index in [1.807, 2.05) is 0 Å². The molecule has 114 valence electrons. The van der Waals surface area contributed by atoms with Gasteiger partial charge in [0, 0.05) is 24.7 Å². The van der Waals surface area contributed by atoms with Crippen LogP contribution in [-0.4, -0.2) is 36.1 Å². The van der Waals surface area contributed by atoms with Gasteiger partial charge in [-0.15, -0.1) is 0 Å². The number of hydrogen-bond donors (Lipinski definition) is 1. The van der Waals surface area contributed by atoms with Crippen molar-refractivity contribution in [2.24, 2.45) is 5.92 Å². The van der Waals surface area contributed by atoms with Crippen LogP contribution in [-0.2, 0) is 0 Å². The highest BCUT2D eigenvalue weighted by Gasteiger charge is 2.30. The van der Waals surface area contributed by atoms with E-state index in [0.717, 1.165) is 18.5 Å². The fourth-order valence-corrected chi connectivity index (χ4v) is 3.10. The number of nitrogens with zero attached hydrogens (tertiary/aromatic N) is 1. The molecule has 19 heavy (non-hydrogen) atoms. The van der Waals surface area contributed by atoms with Crippen LogP contribution in [0.25, 0.3) is 0 Å². The summed E-state index contributed by atoms with van der Waals surface area (Å²) in [5.41, 5.74) is 0.295. The summed E-state index contributed by atoms with van der Waals surface area (Å²) in [4.78, 5) is 2.72. The molecule has 0 spiro atoms. The van der Waals surface area contributed by atoms with Crippen molar-refractivity contribution in [1.29, 1.82) is 0 Å². The van der Waals surface area contributed by atoms with Crippen molar-refractivity contribution < 1.29 is 0 Å². The molecule has 1 aliphatic rings. The lowest BCUT2D eigenvalue weighted by Gasteiger charge is -2.44. The lowest BCUT2D eigenvalue weighted by atomic mass is 9.97. The summed E-state index contributed by atoms with van der Waals surface area (Å²) in [6, 6.07) is 0.753. The van der Waals surface area contributed by atoms with Crippen LogP contribution in [0.3, 0.4) is 0 Å². The molecule has 0 aromatic rings. The predicted octanol–water partition coefficient (Wildman–Crippen LogP) is 4.06. The third-order valence-corrected chi connectivity index (χ3v) is 4.38. The van der Waals surface area contributed by atoms with E-state index in [0.29, 0.717) is 5.54 Å². The molecule has 1 saturated heterocycles. The normalized spacial score (nSPS) is 24.0. The van der Waals surface area contributed by atoms with Gasteiger partial charge in [0.25, 0.3) is 0 Å². The largest absolute Gasteiger partial charge is 0.309 e. The first-order valence-corrected chi connectivity index (χ1v) is 8.43. The Bertz CT molecular complexity index is 235. The van der Waals surface area contributed by atoms with E-state index in [-0.39, 0.29) is 0 Å². The summed E-state index contributed by atoms with van der Waals surface area (Å²) in [6.45, 7) is 15.3. The van der Waals surface area contributed by atoms with Gasteiger partial charge in [0.05, 0.1) is 0 Å². The first kappa shape index (κ1) is 17.0. The highest BCUT2D eigenvalue weighted by molar-refractivity contribution is 4.91. The molecule has 1 heterocycles. The van der Waals surface area contributed by atoms with E-state index in [1.165, 1.54) is 51.6 Å². The van der Waals surface area contributed by atoms with Crippen molar-refractivity contribution in [2.45, 2.75) is 84.7 Å². The molecular formula is C17H36N2. The second-order valence-corrected chi connectivity index (χ2v) is 7.39. The zero-order valence-corrected chi connectivity index (χ0v) is 14.0. The summed E-state index contributed by atoms with van der Waals surface area (Å²) >= 11 is 0. The van der Waals surface area contributed by atoms with E-state index in [2.05, 4.69) is 44.8 Å². The van der Waals surface area contributed by atoms with Crippen molar-refractivity contribution >= 4 is 0 Å². The molecule has 0 aliphatic carbocycles. The van der Waals surface area contributed by atoms with Crippen LogP contribution < -0.4 is 5.32 Å². The summed E-state index contributed by atoms with van der Waals surface area (Å²) in [5, 5.41) is 3.67. The molecule has 0 saturated carbocycles. The summed E-state index contributed by atoms with van der Waals surface area (Å²) in [6.07, 6.45) is 8.30. The smallest absolute Gasteiger partial charge is 0.0252 e. The molecule has 0 amide bonds. The van der Waals surface area contributed by atoms with Gasteiger partial charge >= 0.3 is 0 Å². The minimum atomic E-state index is 0.295. The van der Waals surface area contributed by atoms with Crippen LogP contribution in [0.2, 0.25) is 0 Å². The maximum Gasteiger partial charge on any atom is 0.0252 e. The minimum Gasteiger partial charge on any atom is -0.309 e. The Labute approximate surface area is 121 Å². The van der Waals surface area contributed by atoms with Gasteiger partial charge in [0.1, 0.15) is 0 Å². The fourth-order valence-electron chi connectivity index (χ4n) is 3.10. The fraction of sp³-hybridized carbons (Fsp3) is 1.00. The number of hydrogen-bond acceptors (Lipinski definition) is 2. The van der Waals surface area contributed by atoms with Crippen molar-refractivity contribution in [1.82, 2.24) is 10.2 Å². The molecule has 0 aromatic carbocycles. The van der Waals surface area contributed by atoms with Crippen LogP contribution in [0.5, 0.6) is 0 Å². The Kier molecular flexibility index (Phi) is 7.38. The number of rotatable bonds is 8. The monoisotopic (exact) mass is 268 g/mol. The van der Waals surface area contributed by atoms with Crippen molar-refractivity contribution in [2.75, 3.05) is 19.6 Å². The second kappa shape index (κ2) is 8.26. The SMILES string of the molecule is CCC1CNC(C)(C)CN1CCCCCCC(C)C. The third kappa shape index (κ3) is 6.76. The Hall–Kier alpha value is -0.0800. The molecule has 1 unspecified atom stereocenters. The van der Waals surface area contributed by atoms with Gasteiger partial charge in [-0.1, -0.05) is 46.5 Å². The summed E-state index contributed by atoms with van der Waals surface area (Å²) < 4.78 is 0. The second-order valence-electron chi connectivity index (χ2n) is 7.39. The molecule has 1 rings (SSSR count). The van der Waals surface area contributed by atoms with E-state index in [9.17, 15) is 0 Å². The van der Waals surface area contributed by atoms with Crippen molar-refractivity contribution in [3.63, 3.8) is 0 Å². The van der Waals surface area contributed by atoms with Gasteiger partial charge < -0.3 is 5.32 Å². The topological polar surface area (TPSA) is 15.3 Å². The van der Waals surface area contributed by atoms with Crippen molar-refractivity contribution in [3.05, 3.63) is 0 Å². The Morgan fingerprint density at radius 1 is 1.16 bits per heavy atom. The maximum absolute atomic E-state index is 3.67. The average molecular weight is 268 g/mol. The Morgan fingerprint density at radius 2 is 1.84 bits per heavy atom. The lowest BCUT2D eigenvalue weighted by molar-refractivity contribution is 0.0908. The van der Waals surface area contributed by atoms with E-state index >= 15 is 0 Å². The predicted molar refractivity (Wildman–Crippen MR) is 85.7 cm³/mol. The van der Waals surface area contributed by atoms with Crippen molar-refractivity contribution in [3.8, 4) is 0 Å². The molecule has 0 bridgehead atoms. The van der Waals surface area contributed by atoms with Crippen LogP contribution in [0.1, 0.15) is 73.1 Å². The van der Waals surface area contributed by atoms with Gasteiger partial charge in [-0.05, 0) is 39.2 Å². The van der Waals surface area contributed by atoms with Gasteiger partial charge in [-0.3, -0.25) is 4.90 Å². The van der Waals surface area contributed by atoms with E-state index < -0.39 is 0 Å². The maximum atomic E-state index is 3.67. The lowest BCUT2D eigenvalue weighted by Crippen LogP contribution is -2.61. The summed E-state index contributed by atoms with van der Waals surface area (Å²) in [7, 11) is 0. The first-order valence-electron chi connectivity index (χ1n) is 8.43. The zero-order chi connectivity index (χ0) is 14.3. The third-order valence-electron chi connectivity index (χ3n) is 4.38. The van der Waals surface area contributed by atoms with E-state index in [4.69, 9.17) is 0 Å². The molecule has 2 nitrogen and oxygen atoms in total. The number of unbranched alkanes of at least 4 members (excludes halogenated alkanes) is 3. The van der Waals surface area contributed by atoms with Gasteiger partial charge in [-0.2, -0.15) is 0 Å². The van der Waals surface area contributed by atoms with Gasteiger partial charge in [-0.25, -0.2) is 0 Å². The number of piperazine rings is 1. The minimum absolute atomic E-state index is 0.295. The molecule has 2 heteroatoms. The average Bonchev–Trinajstić information content (AvgIpc) is 2.32. The van der Waals surface area contributed by atoms with Crippen LogP contribution in [0, 0.1) is 5.92 Å². The molecule has 1 atom stereocenters. The van der Waals surface area contributed by atoms with Crippen LogP contribution in [0.15, 0.2) is 0 Å². The molecular weight excluding hydrogens is 232 g/mol. The molecule has 0 aromatic heterocycles. The standard InChI is InChI=1S/C17H36N2/c1-6-16-13-18-17(4,5)14-19(16)12-10-8-7-9-11-15(2)3/h15-16,18H,6-14H2,1-5H3. The molecule has 1 N–H and O–H groups in total. The van der Waals surface area contributed by atoms with E-state index in [1.54, 1.807) is 0 Å². The number of nitrogens with one attached hydrogen (secondary N) is 1. The Balaban J connectivity index is 2.18. The first-order chi connectivity index (χ1) is 8.94. The Morgan fingerprint density at radius 3 is 2.47 bits per heavy atom. The van der Waals surface area contributed by atoms with Crippen LogP contribution >= 0.6 is 0 Å². The van der Waals surface area contributed by atoms with Gasteiger partial charge in [0.15, 0.2) is 0 Å². The quantitative estimate of drug-likeness (QED) is 0.668. The molecule has 1 aliphatic heterocycles. The highest BCUT2D eigenvalue weighted by Crippen LogP contribution is 2.18. The summed E-state index contributed by atoms with van der Waals surface area (Å²) in [5.74, 6) is 0.874. The van der Waals surface area contributed by atoms with Gasteiger partial charge in [0.2, 0.25) is 0 Å². The zero-order valence-electron chi connectivity index (χ0n) is 14.0.